The molecule has 0 radical (unpaired) electrons. The second kappa shape index (κ2) is 6.59. The molecule has 1 aliphatic rings. The maximum atomic E-state index is 14.9. The molecule has 1 fully saturated rings. The van der Waals surface area contributed by atoms with Crippen LogP contribution in [0.4, 0.5) is 8.78 Å². The summed E-state index contributed by atoms with van der Waals surface area (Å²) in [5.74, 6) is -0.430. The first-order chi connectivity index (χ1) is 13.9. The predicted molar refractivity (Wildman–Crippen MR) is 107 cm³/mol. The molecule has 8 heteroatoms. The van der Waals surface area contributed by atoms with Crippen molar-refractivity contribution in [2.24, 2.45) is 0 Å². The fourth-order valence-electron chi connectivity index (χ4n) is 4.16. The van der Waals surface area contributed by atoms with E-state index in [2.05, 4.69) is 15.2 Å². The molecule has 0 N–H and O–H groups in total. The second-order valence-corrected chi connectivity index (χ2v) is 8.00. The number of aryl methyl sites for hydroxylation is 2. The van der Waals surface area contributed by atoms with Gasteiger partial charge in [0.25, 0.3) is 0 Å². The average molecular weight is 396 g/mol. The smallest absolute Gasteiger partial charge is 0.156 e. The first-order valence-electron chi connectivity index (χ1n) is 9.74. The van der Waals surface area contributed by atoms with Gasteiger partial charge in [-0.05, 0) is 51.1 Å². The Labute approximate surface area is 166 Å². The number of aromatic nitrogens is 5. The van der Waals surface area contributed by atoms with E-state index >= 15 is 0 Å². The molecule has 4 aromatic rings. The van der Waals surface area contributed by atoms with Crippen LogP contribution >= 0.6 is 0 Å². The molecular formula is C21H22F2N6. The van der Waals surface area contributed by atoms with Crippen molar-refractivity contribution in [3.63, 3.8) is 0 Å². The Morgan fingerprint density at radius 1 is 1.10 bits per heavy atom. The van der Waals surface area contributed by atoms with Crippen LogP contribution in [0.2, 0.25) is 0 Å². The van der Waals surface area contributed by atoms with Crippen molar-refractivity contribution in [2.45, 2.75) is 32.5 Å². The van der Waals surface area contributed by atoms with Gasteiger partial charge in [-0.15, -0.1) is 0 Å². The predicted octanol–water partition coefficient (Wildman–Crippen LogP) is 3.72. The number of fused-ring (bicyclic) bond motifs is 2. The normalized spacial score (nSPS) is 20.7. The number of halogens is 2. The fraction of sp³-hybridized carbons (Fsp3) is 0.381. The third kappa shape index (κ3) is 3.07. The number of rotatable bonds is 2. The van der Waals surface area contributed by atoms with Crippen LogP contribution in [-0.4, -0.2) is 55.6 Å². The van der Waals surface area contributed by atoms with Crippen molar-refractivity contribution in [1.82, 2.24) is 29.3 Å². The lowest BCUT2D eigenvalue weighted by molar-refractivity contribution is 0.101. The number of benzene rings is 1. The number of likely N-dealkylation sites (tertiary alicyclic amines) is 1. The second-order valence-electron chi connectivity index (χ2n) is 8.00. The standard InChI is InChI=1S/C21H22F2N6/c1-12-6-18(25-29-9-13(2)24-21(12)29)14-7-15-10-28(26-20(15)16(22)8-14)19-4-5-27(3)11-17(19)23/h6-10,17,19H,4-5,11H2,1-3H3/t17-,19+/m1/s1. The maximum absolute atomic E-state index is 14.9. The lowest BCUT2D eigenvalue weighted by Gasteiger charge is -2.32. The van der Waals surface area contributed by atoms with Crippen LogP contribution < -0.4 is 0 Å². The van der Waals surface area contributed by atoms with E-state index in [1.165, 1.54) is 6.07 Å². The van der Waals surface area contributed by atoms with Gasteiger partial charge in [0.2, 0.25) is 0 Å². The Morgan fingerprint density at radius 3 is 2.72 bits per heavy atom. The molecule has 6 nitrogen and oxygen atoms in total. The Balaban J connectivity index is 1.58. The van der Waals surface area contributed by atoms with Gasteiger partial charge in [0.15, 0.2) is 11.5 Å². The van der Waals surface area contributed by atoms with E-state index < -0.39 is 12.0 Å². The molecule has 2 atom stereocenters. The molecule has 1 aliphatic heterocycles. The molecule has 4 heterocycles. The Hall–Kier alpha value is -2.87. The van der Waals surface area contributed by atoms with Crippen LogP contribution in [0.1, 0.15) is 23.7 Å². The molecule has 0 spiro atoms. The van der Waals surface area contributed by atoms with E-state index in [0.29, 0.717) is 29.6 Å². The highest BCUT2D eigenvalue weighted by molar-refractivity contribution is 5.84. The van der Waals surface area contributed by atoms with Crippen LogP contribution in [0, 0.1) is 19.7 Å². The van der Waals surface area contributed by atoms with Crippen molar-refractivity contribution >= 4 is 16.6 Å². The van der Waals surface area contributed by atoms with Gasteiger partial charge in [0.05, 0.1) is 23.6 Å². The van der Waals surface area contributed by atoms with Crippen LogP contribution in [0.15, 0.2) is 30.6 Å². The number of hydrogen-bond acceptors (Lipinski definition) is 4. The summed E-state index contributed by atoms with van der Waals surface area (Å²) in [5, 5.41) is 9.60. The lowest BCUT2D eigenvalue weighted by Crippen LogP contribution is -2.40. The number of hydrogen-bond donors (Lipinski definition) is 0. The number of piperidine rings is 1. The molecular weight excluding hydrogens is 374 g/mol. The molecule has 1 aromatic carbocycles. The molecule has 29 heavy (non-hydrogen) atoms. The monoisotopic (exact) mass is 396 g/mol. The fourth-order valence-corrected chi connectivity index (χ4v) is 4.16. The zero-order chi connectivity index (χ0) is 20.3. The van der Waals surface area contributed by atoms with E-state index in [-0.39, 0.29) is 11.6 Å². The van der Waals surface area contributed by atoms with Gasteiger partial charge in [0.1, 0.15) is 11.7 Å². The highest BCUT2D eigenvalue weighted by atomic mass is 19.1. The highest BCUT2D eigenvalue weighted by Gasteiger charge is 2.30. The van der Waals surface area contributed by atoms with Gasteiger partial charge in [0, 0.05) is 30.2 Å². The highest BCUT2D eigenvalue weighted by Crippen LogP contribution is 2.30. The largest absolute Gasteiger partial charge is 0.303 e. The zero-order valence-electron chi connectivity index (χ0n) is 16.6. The molecule has 3 aromatic heterocycles. The Bertz CT molecular complexity index is 1230. The molecule has 0 unspecified atom stereocenters. The van der Waals surface area contributed by atoms with Crippen LogP contribution in [-0.2, 0) is 0 Å². The van der Waals surface area contributed by atoms with Crippen molar-refractivity contribution in [3.05, 3.63) is 47.7 Å². The van der Waals surface area contributed by atoms with Crippen molar-refractivity contribution < 1.29 is 8.78 Å². The quantitative estimate of drug-likeness (QED) is 0.518. The number of nitrogens with zero attached hydrogens (tertiary/aromatic N) is 6. The molecule has 1 saturated heterocycles. The first-order valence-corrected chi connectivity index (χ1v) is 9.74. The summed E-state index contributed by atoms with van der Waals surface area (Å²) < 4.78 is 32.7. The van der Waals surface area contributed by atoms with Crippen molar-refractivity contribution in [2.75, 3.05) is 20.1 Å². The van der Waals surface area contributed by atoms with Crippen molar-refractivity contribution in [3.8, 4) is 11.3 Å². The molecule has 150 valence electrons. The number of alkyl halides is 1. The van der Waals surface area contributed by atoms with Gasteiger partial charge in [-0.1, -0.05) is 0 Å². The van der Waals surface area contributed by atoms with E-state index in [1.807, 2.05) is 44.1 Å². The van der Waals surface area contributed by atoms with Gasteiger partial charge >= 0.3 is 0 Å². The van der Waals surface area contributed by atoms with Crippen LogP contribution in [0.25, 0.3) is 27.8 Å². The summed E-state index contributed by atoms with van der Waals surface area (Å²) in [4.78, 5) is 6.42. The minimum absolute atomic E-state index is 0.260. The summed E-state index contributed by atoms with van der Waals surface area (Å²) in [7, 11) is 1.90. The molecule has 0 aliphatic carbocycles. The van der Waals surface area contributed by atoms with Crippen LogP contribution in [0.3, 0.4) is 0 Å². The number of imidazole rings is 1. The molecule has 5 rings (SSSR count). The summed E-state index contributed by atoms with van der Waals surface area (Å²) in [6.45, 7) is 5.03. The maximum Gasteiger partial charge on any atom is 0.156 e. The van der Waals surface area contributed by atoms with E-state index in [0.717, 1.165) is 23.4 Å². The Kier molecular flexibility index (Phi) is 4.13. The minimum Gasteiger partial charge on any atom is -0.303 e. The third-order valence-corrected chi connectivity index (χ3v) is 5.66. The molecule has 0 amide bonds. The van der Waals surface area contributed by atoms with Gasteiger partial charge in [-0.25, -0.2) is 18.3 Å². The summed E-state index contributed by atoms with van der Waals surface area (Å²) in [6, 6.07) is 4.84. The molecule has 0 bridgehead atoms. The van der Waals surface area contributed by atoms with Crippen LogP contribution in [0.5, 0.6) is 0 Å². The Morgan fingerprint density at radius 2 is 1.93 bits per heavy atom. The lowest BCUT2D eigenvalue weighted by atomic mass is 10.0. The van der Waals surface area contributed by atoms with Gasteiger partial charge in [-0.2, -0.15) is 10.2 Å². The average Bonchev–Trinajstić information content (AvgIpc) is 3.25. The van der Waals surface area contributed by atoms with E-state index in [9.17, 15) is 8.78 Å². The first kappa shape index (κ1) is 18.2. The summed E-state index contributed by atoms with van der Waals surface area (Å²) in [6.07, 6.45) is 3.22. The SMILES string of the molecule is Cc1cn2nc(-c3cc(F)c4nn([C@H]5CCN(C)C[C@H]5F)cc4c3)cc(C)c2n1. The van der Waals surface area contributed by atoms with E-state index in [4.69, 9.17) is 0 Å². The third-order valence-electron chi connectivity index (χ3n) is 5.66. The van der Waals surface area contributed by atoms with Gasteiger partial charge < -0.3 is 4.90 Å². The molecule has 0 saturated carbocycles. The van der Waals surface area contributed by atoms with Gasteiger partial charge in [-0.3, -0.25) is 4.68 Å². The van der Waals surface area contributed by atoms with E-state index in [1.54, 1.807) is 15.4 Å². The topological polar surface area (TPSA) is 51.3 Å². The minimum atomic E-state index is -1.03. The van der Waals surface area contributed by atoms with Crippen molar-refractivity contribution in [1.29, 1.82) is 0 Å². The summed E-state index contributed by atoms with van der Waals surface area (Å²) in [5.41, 5.74) is 4.20. The zero-order valence-corrected chi connectivity index (χ0v) is 16.6. The summed E-state index contributed by atoms with van der Waals surface area (Å²) >= 11 is 0.